The molecule has 1 N–H and O–H groups in total. The summed E-state index contributed by atoms with van der Waals surface area (Å²) >= 11 is 5.87. The van der Waals surface area contributed by atoms with Crippen LogP contribution < -0.4 is 0 Å². The number of rotatable bonds is 3. The van der Waals surface area contributed by atoms with E-state index in [9.17, 15) is 14.3 Å². The van der Waals surface area contributed by atoms with Crippen LogP contribution in [0.2, 0.25) is 5.02 Å². The van der Waals surface area contributed by atoms with Crippen molar-refractivity contribution in [2.45, 2.75) is 6.10 Å². The molecule has 0 aliphatic carbocycles. The predicted molar refractivity (Wildman–Crippen MR) is 73.8 cm³/mol. The van der Waals surface area contributed by atoms with Crippen LogP contribution in [0.15, 0.2) is 42.5 Å². The third kappa shape index (κ3) is 2.81. The fourth-order valence-electron chi connectivity index (χ4n) is 1.92. The number of ether oxygens (including phenoxy) is 1. The summed E-state index contributed by atoms with van der Waals surface area (Å²) in [6, 6.07) is 10.6. The molecule has 0 fully saturated rings. The van der Waals surface area contributed by atoms with E-state index in [-0.39, 0.29) is 11.1 Å². The smallest absolute Gasteiger partial charge is 0.339 e. The summed E-state index contributed by atoms with van der Waals surface area (Å²) in [5.74, 6) is -1.29. The number of aliphatic hydroxyl groups excluding tert-OH is 1. The highest BCUT2D eigenvalue weighted by Gasteiger charge is 2.22. The molecule has 0 bridgehead atoms. The highest BCUT2D eigenvalue weighted by atomic mass is 35.5. The SMILES string of the molecule is COC(=O)C(O)c1ccccc1-c1cc(Cl)ccc1F. The number of aliphatic hydroxyl groups is 1. The second-order valence-corrected chi connectivity index (χ2v) is 4.57. The first-order chi connectivity index (χ1) is 9.54. The highest BCUT2D eigenvalue weighted by Crippen LogP contribution is 2.32. The van der Waals surface area contributed by atoms with Gasteiger partial charge in [0.1, 0.15) is 5.82 Å². The van der Waals surface area contributed by atoms with Crippen molar-refractivity contribution in [3.05, 3.63) is 58.9 Å². The lowest BCUT2D eigenvalue weighted by atomic mass is 9.96. The van der Waals surface area contributed by atoms with Gasteiger partial charge in [0.15, 0.2) is 6.10 Å². The van der Waals surface area contributed by atoms with Crippen LogP contribution in [0.4, 0.5) is 4.39 Å². The minimum Gasteiger partial charge on any atom is -0.467 e. The van der Waals surface area contributed by atoms with E-state index in [4.69, 9.17) is 11.6 Å². The number of esters is 1. The van der Waals surface area contributed by atoms with Crippen molar-refractivity contribution in [2.24, 2.45) is 0 Å². The molecular weight excluding hydrogens is 283 g/mol. The van der Waals surface area contributed by atoms with Gasteiger partial charge in [0, 0.05) is 10.6 Å². The third-order valence-electron chi connectivity index (χ3n) is 2.90. The van der Waals surface area contributed by atoms with Gasteiger partial charge in [-0.3, -0.25) is 0 Å². The van der Waals surface area contributed by atoms with Crippen LogP contribution in [0.25, 0.3) is 11.1 Å². The number of hydrogen-bond acceptors (Lipinski definition) is 3. The first-order valence-corrected chi connectivity index (χ1v) is 6.22. The van der Waals surface area contributed by atoms with E-state index in [0.717, 1.165) is 0 Å². The van der Waals surface area contributed by atoms with Crippen LogP contribution in [0, 0.1) is 5.82 Å². The molecule has 1 unspecified atom stereocenters. The van der Waals surface area contributed by atoms with Crippen LogP contribution in [-0.4, -0.2) is 18.2 Å². The van der Waals surface area contributed by atoms with Gasteiger partial charge in [0.25, 0.3) is 0 Å². The second kappa shape index (κ2) is 6.03. The monoisotopic (exact) mass is 294 g/mol. The number of hydrogen-bond donors (Lipinski definition) is 1. The summed E-state index contributed by atoms with van der Waals surface area (Å²) in [6.07, 6.45) is -1.48. The van der Waals surface area contributed by atoms with Gasteiger partial charge in [0.2, 0.25) is 0 Å². The Kier molecular flexibility index (Phi) is 4.37. The first-order valence-electron chi connectivity index (χ1n) is 5.85. The van der Waals surface area contributed by atoms with Gasteiger partial charge in [0.05, 0.1) is 7.11 Å². The van der Waals surface area contributed by atoms with Crippen LogP contribution in [0.5, 0.6) is 0 Å². The quantitative estimate of drug-likeness (QED) is 0.883. The van der Waals surface area contributed by atoms with Gasteiger partial charge in [-0.2, -0.15) is 0 Å². The van der Waals surface area contributed by atoms with E-state index in [0.29, 0.717) is 10.6 Å². The fourth-order valence-corrected chi connectivity index (χ4v) is 2.10. The van der Waals surface area contributed by atoms with Crippen molar-refractivity contribution in [3.8, 4) is 11.1 Å². The Labute approximate surface area is 120 Å². The Morgan fingerprint density at radius 3 is 2.65 bits per heavy atom. The zero-order chi connectivity index (χ0) is 14.7. The summed E-state index contributed by atoms with van der Waals surface area (Å²) in [6.45, 7) is 0. The molecule has 20 heavy (non-hydrogen) atoms. The van der Waals surface area contributed by atoms with E-state index >= 15 is 0 Å². The number of carbonyl (C=O) groups excluding carboxylic acids is 1. The zero-order valence-corrected chi connectivity index (χ0v) is 11.4. The van der Waals surface area contributed by atoms with Gasteiger partial charge in [-0.25, -0.2) is 9.18 Å². The zero-order valence-electron chi connectivity index (χ0n) is 10.6. The molecule has 0 radical (unpaired) electrons. The molecule has 2 aromatic carbocycles. The van der Waals surface area contributed by atoms with E-state index in [1.165, 1.54) is 31.4 Å². The maximum absolute atomic E-state index is 13.9. The summed E-state index contributed by atoms with van der Waals surface area (Å²) in [7, 11) is 1.17. The van der Waals surface area contributed by atoms with Crippen LogP contribution >= 0.6 is 11.6 Å². The number of methoxy groups -OCH3 is 1. The lowest BCUT2D eigenvalue weighted by Crippen LogP contribution is -2.14. The van der Waals surface area contributed by atoms with Gasteiger partial charge in [-0.05, 0) is 29.3 Å². The van der Waals surface area contributed by atoms with Crippen molar-refractivity contribution in [1.82, 2.24) is 0 Å². The van der Waals surface area contributed by atoms with Crippen LogP contribution in [-0.2, 0) is 9.53 Å². The van der Waals surface area contributed by atoms with E-state index in [1.54, 1.807) is 18.2 Å². The normalized spacial score (nSPS) is 12.0. The minimum atomic E-state index is -1.48. The molecule has 0 amide bonds. The van der Waals surface area contributed by atoms with Crippen molar-refractivity contribution in [3.63, 3.8) is 0 Å². The Morgan fingerprint density at radius 1 is 1.25 bits per heavy atom. The summed E-state index contributed by atoms with van der Waals surface area (Å²) in [5, 5.41) is 10.3. The average Bonchev–Trinajstić information content (AvgIpc) is 2.48. The Bertz CT molecular complexity index is 643. The molecule has 0 aliphatic rings. The number of benzene rings is 2. The molecule has 0 spiro atoms. The van der Waals surface area contributed by atoms with Crippen LogP contribution in [0.3, 0.4) is 0 Å². The van der Waals surface area contributed by atoms with E-state index < -0.39 is 17.9 Å². The van der Waals surface area contributed by atoms with Gasteiger partial charge in [-0.1, -0.05) is 35.9 Å². The molecule has 5 heteroatoms. The van der Waals surface area contributed by atoms with Gasteiger partial charge in [-0.15, -0.1) is 0 Å². The first kappa shape index (κ1) is 14.5. The topological polar surface area (TPSA) is 46.5 Å². The Morgan fingerprint density at radius 2 is 1.95 bits per heavy atom. The number of halogens is 2. The molecule has 2 rings (SSSR count). The summed E-state index contributed by atoms with van der Waals surface area (Å²) < 4.78 is 18.4. The molecule has 0 saturated carbocycles. The molecule has 0 aromatic heterocycles. The summed E-state index contributed by atoms with van der Waals surface area (Å²) in [5.41, 5.74) is 0.877. The standard InChI is InChI=1S/C15H12ClFO3/c1-20-15(19)14(18)11-5-3-2-4-10(11)12-8-9(16)6-7-13(12)17/h2-8,14,18H,1H3. The molecule has 0 aliphatic heterocycles. The molecule has 0 heterocycles. The highest BCUT2D eigenvalue weighted by molar-refractivity contribution is 6.30. The lowest BCUT2D eigenvalue weighted by molar-refractivity contribution is -0.150. The van der Waals surface area contributed by atoms with E-state index in [1.807, 2.05) is 0 Å². The Balaban J connectivity index is 2.58. The molecule has 3 nitrogen and oxygen atoms in total. The van der Waals surface area contributed by atoms with Crippen molar-refractivity contribution < 1.29 is 19.0 Å². The minimum absolute atomic E-state index is 0.219. The largest absolute Gasteiger partial charge is 0.467 e. The third-order valence-corrected chi connectivity index (χ3v) is 3.13. The maximum Gasteiger partial charge on any atom is 0.339 e. The predicted octanol–water partition coefficient (Wildman–Crippen LogP) is 3.35. The second-order valence-electron chi connectivity index (χ2n) is 4.14. The van der Waals surface area contributed by atoms with Crippen molar-refractivity contribution in [2.75, 3.05) is 7.11 Å². The van der Waals surface area contributed by atoms with Gasteiger partial charge < -0.3 is 9.84 Å². The summed E-state index contributed by atoms with van der Waals surface area (Å²) in [4.78, 5) is 11.5. The molecule has 2 aromatic rings. The van der Waals surface area contributed by atoms with Gasteiger partial charge >= 0.3 is 5.97 Å². The van der Waals surface area contributed by atoms with E-state index in [2.05, 4.69) is 4.74 Å². The average molecular weight is 295 g/mol. The van der Waals surface area contributed by atoms with Crippen molar-refractivity contribution in [1.29, 1.82) is 0 Å². The van der Waals surface area contributed by atoms with Crippen molar-refractivity contribution >= 4 is 17.6 Å². The molecule has 1 atom stereocenters. The molecular formula is C15H12ClFO3. The number of carbonyl (C=O) groups is 1. The molecule has 104 valence electrons. The van der Waals surface area contributed by atoms with Crippen LogP contribution in [0.1, 0.15) is 11.7 Å². The fraction of sp³-hybridized carbons (Fsp3) is 0.133. The maximum atomic E-state index is 13.9. The molecule has 0 saturated heterocycles. The lowest BCUT2D eigenvalue weighted by Gasteiger charge is -2.14. The Hall–Kier alpha value is -1.91.